The summed E-state index contributed by atoms with van der Waals surface area (Å²) in [6.07, 6.45) is 3.64. The summed E-state index contributed by atoms with van der Waals surface area (Å²) < 4.78 is 19.2. The summed E-state index contributed by atoms with van der Waals surface area (Å²) in [5.74, 6) is 2.09. The Kier molecular flexibility index (Phi) is 7.69. The lowest BCUT2D eigenvalue weighted by atomic mass is 10.0. The van der Waals surface area contributed by atoms with Crippen LogP contribution in [-0.4, -0.2) is 49.4 Å². The van der Waals surface area contributed by atoms with Gasteiger partial charge in [-0.2, -0.15) is 0 Å². The van der Waals surface area contributed by atoms with E-state index in [4.69, 9.17) is 13.9 Å². The van der Waals surface area contributed by atoms with Crippen molar-refractivity contribution in [2.75, 3.05) is 13.2 Å². The highest BCUT2D eigenvalue weighted by Crippen LogP contribution is 2.31. The van der Waals surface area contributed by atoms with Gasteiger partial charge in [-0.15, -0.1) is 5.10 Å². The van der Waals surface area contributed by atoms with Crippen molar-refractivity contribution in [1.29, 1.82) is 0 Å². The fraction of sp³-hybridized carbons (Fsp3) is 0.333. The molecule has 10 heteroatoms. The van der Waals surface area contributed by atoms with Crippen molar-refractivity contribution in [3.8, 4) is 5.75 Å². The normalized spacial score (nSPS) is 16.1. The summed E-state index contributed by atoms with van der Waals surface area (Å²) in [5.41, 5.74) is 2.15. The van der Waals surface area contributed by atoms with Crippen LogP contribution in [0.15, 0.2) is 82.2 Å². The number of tetrazole rings is 1. The second-order valence-electron chi connectivity index (χ2n) is 9.96. The van der Waals surface area contributed by atoms with Crippen molar-refractivity contribution in [3.63, 3.8) is 0 Å². The third-order valence-corrected chi connectivity index (χ3v) is 7.19. The molecule has 1 N–H and O–H groups in total. The first-order valence-corrected chi connectivity index (χ1v) is 13.7. The standard InChI is InChI=1S/C30H32N6O4/c1-2-38-23-12-13-27-22(16-23)17-26(30(37)31-27)28(29-32-33-34-36(29)20-25-11-7-15-40-25)35(19-24-10-6-14-39-24)18-21-8-4-3-5-9-21/h3-6,8-10,12-14,16-17,25,28H,2,7,11,15,18-20H2,1H3,(H,31,37)/t25-,28+/m0/s1. The number of nitrogens with one attached hydrogen (secondary N) is 1. The average molecular weight is 541 g/mol. The Morgan fingerprint density at radius 1 is 1.12 bits per heavy atom. The molecule has 4 heterocycles. The summed E-state index contributed by atoms with van der Waals surface area (Å²) >= 11 is 0. The summed E-state index contributed by atoms with van der Waals surface area (Å²) in [6.45, 7) is 4.72. The van der Waals surface area contributed by atoms with Crippen LogP contribution in [0.2, 0.25) is 0 Å². The smallest absolute Gasteiger partial charge is 0.253 e. The van der Waals surface area contributed by atoms with Gasteiger partial charge in [0.25, 0.3) is 5.56 Å². The number of furan rings is 1. The molecule has 206 valence electrons. The van der Waals surface area contributed by atoms with E-state index in [9.17, 15) is 4.79 Å². The maximum absolute atomic E-state index is 13.8. The molecule has 6 rings (SSSR count). The quantitative estimate of drug-likeness (QED) is 0.261. The number of ether oxygens (including phenoxy) is 2. The van der Waals surface area contributed by atoms with E-state index in [-0.39, 0.29) is 11.7 Å². The first kappa shape index (κ1) is 26.0. The van der Waals surface area contributed by atoms with Crippen molar-refractivity contribution in [1.82, 2.24) is 30.1 Å². The molecule has 2 aromatic carbocycles. The molecule has 0 radical (unpaired) electrons. The zero-order valence-corrected chi connectivity index (χ0v) is 22.4. The molecule has 0 unspecified atom stereocenters. The number of nitrogens with zero attached hydrogens (tertiary/aromatic N) is 5. The SMILES string of the molecule is CCOc1ccc2[nH]c(=O)c([C@H](c3nnnn3C[C@@H]3CCCO3)N(Cc3ccccc3)Cc3ccco3)cc2c1. The molecule has 1 fully saturated rings. The zero-order chi connectivity index (χ0) is 27.3. The van der Waals surface area contributed by atoms with Crippen LogP contribution in [0.1, 0.15) is 48.5 Å². The lowest BCUT2D eigenvalue weighted by molar-refractivity contribution is 0.0901. The Balaban J connectivity index is 1.50. The number of aromatic nitrogens is 5. The van der Waals surface area contributed by atoms with E-state index >= 15 is 0 Å². The molecule has 0 spiro atoms. The second kappa shape index (κ2) is 11.8. The maximum atomic E-state index is 13.8. The average Bonchev–Trinajstić information content (AvgIpc) is 3.75. The molecule has 1 aliphatic heterocycles. The highest BCUT2D eigenvalue weighted by molar-refractivity contribution is 5.80. The van der Waals surface area contributed by atoms with Crippen LogP contribution in [0.5, 0.6) is 5.75 Å². The molecule has 0 bridgehead atoms. The van der Waals surface area contributed by atoms with Gasteiger partial charge in [0.15, 0.2) is 5.82 Å². The highest BCUT2D eigenvalue weighted by atomic mass is 16.5. The van der Waals surface area contributed by atoms with Crippen molar-refractivity contribution < 1.29 is 13.9 Å². The van der Waals surface area contributed by atoms with Gasteiger partial charge in [0.05, 0.1) is 32.1 Å². The van der Waals surface area contributed by atoms with Crippen molar-refractivity contribution in [2.24, 2.45) is 0 Å². The molecule has 5 aromatic rings. The van der Waals surface area contributed by atoms with Crippen LogP contribution in [-0.2, 0) is 24.4 Å². The van der Waals surface area contributed by atoms with E-state index in [0.717, 1.165) is 47.4 Å². The molecule has 40 heavy (non-hydrogen) atoms. The van der Waals surface area contributed by atoms with Crippen LogP contribution >= 0.6 is 0 Å². The Labute approximate surface area is 231 Å². The highest BCUT2D eigenvalue weighted by Gasteiger charge is 2.32. The minimum Gasteiger partial charge on any atom is -0.494 e. The Morgan fingerprint density at radius 2 is 2.02 bits per heavy atom. The number of fused-ring (bicyclic) bond motifs is 1. The van der Waals surface area contributed by atoms with E-state index in [1.54, 1.807) is 10.9 Å². The topological polar surface area (TPSA) is 111 Å². The first-order chi connectivity index (χ1) is 19.7. The van der Waals surface area contributed by atoms with E-state index in [0.29, 0.717) is 37.6 Å². The van der Waals surface area contributed by atoms with Gasteiger partial charge < -0.3 is 18.9 Å². The molecular formula is C30H32N6O4. The van der Waals surface area contributed by atoms with E-state index < -0.39 is 6.04 Å². The number of H-pyrrole nitrogens is 1. The third-order valence-electron chi connectivity index (χ3n) is 7.19. The molecule has 1 saturated heterocycles. The van der Waals surface area contributed by atoms with Gasteiger partial charge in [-0.05, 0) is 72.2 Å². The third kappa shape index (κ3) is 5.68. The molecular weight excluding hydrogens is 508 g/mol. The van der Waals surface area contributed by atoms with Crippen LogP contribution in [0.25, 0.3) is 10.9 Å². The van der Waals surface area contributed by atoms with E-state index in [1.807, 2.05) is 61.5 Å². The molecule has 2 atom stereocenters. The first-order valence-electron chi connectivity index (χ1n) is 13.7. The summed E-state index contributed by atoms with van der Waals surface area (Å²) in [5, 5.41) is 13.7. The number of aromatic amines is 1. The largest absolute Gasteiger partial charge is 0.494 e. The monoisotopic (exact) mass is 540 g/mol. The van der Waals surface area contributed by atoms with Gasteiger partial charge in [-0.1, -0.05) is 30.3 Å². The number of hydrogen-bond donors (Lipinski definition) is 1. The van der Waals surface area contributed by atoms with Gasteiger partial charge >= 0.3 is 0 Å². The molecule has 0 saturated carbocycles. The molecule has 10 nitrogen and oxygen atoms in total. The second-order valence-corrected chi connectivity index (χ2v) is 9.96. The van der Waals surface area contributed by atoms with Crippen LogP contribution in [0, 0.1) is 0 Å². The van der Waals surface area contributed by atoms with E-state index in [2.05, 4.69) is 37.5 Å². The fourth-order valence-corrected chi connectivity index (χ4v) is 5.34. The van der Waals surface area contributed by atoms with Crippen molar-refractivity contribution in [2.45, 2.75) is 51.5 Å². The fourth-order valence-electron chi connectivity index (χ4n) is 5.34. The summed E-state index contributed by atoms with van der Waals surface area (Å²) in [6, 6.07) is 21.0. The van der Waals surface area contributed by atoms with Gasteiger partial charge in [0, 0.05) is 29.6 Å². The molecule has 0 amide bonds. The van der Waals surface area contributed by atoms with Crippen LogP contribution in [0.3, 0.4) is 0 Å². The van der Waals surface area contributed by atoms with Gasteiger partial charge in [0.1, 0.15) is 17.6 Å². The number of rotatable bonds is 11. The minimum absolute atomic E-state index is 0.0270. The molecule has 3 aromatic heterocycles. The van der Waals surface area contributed by atoms with Gasteiger partial charge in [-0.25, -0.2) is 4.68 Å². The summed E-state index contributed by atoms with van der Waals surface area (Å²) in [4.78, 5) is 19.0. The Hall–Kier alpha value is -4.28. The van der Waals surface area contributed by atoms with Gasteiger partial charge in [0.2, 0.25) is 0 Å². The summed E-state index contributed by atoms with van der Waals surface area (Å²) in [7, 11) is 0. The maximum Gasteiger partial charge on any atom is 0.253 e. The van der Waals surface area contributed by atoms with Crippen LogP contribution in [0.4, 0.5) is 0 Å². The minimum atomic E-state index is -0.578. The lowest BCUT2D eigenvalue weighted by Gasteiger charge is -2.30. The molecule has 1 aliphatic rings. The predicted molar refractivity (Wildman–Crippen MR) is 149 cm³/mol. The number of hydrogen-bond acceptors (Lipinski definition) is 8. The van der Waals surface area contributed by atoms with Crippen molar-refractivity contribution in [3.05, 3.63) is 106 Å². The predicted octanol–water partition coefficient (Wildman–Crippen LogP) is 4.48. The number of benzene rings is 2. The van der Waals surface area contributed by atoms with Crippen molar-refractivity contribution >= 4 is 10.9 Å². The van der Waals surface area contributed by atoms with E-state index in [1.165, 1.54) is 0 Å². The molecule has 0 aliphatic carbocycles. The Bertz CT molecular complexity index is 1590. The number of pyridine rings is 1. The Morgan fingerprint density at radius 3 is 2.80 bits per heavy atom. The lowest BCUT2D eigenvalue weighted by Crippen LogP contribution is -2.35. The van der Waals surface area contributed by atoms with Gasteiger partial charge in [-0.3, -0.25) is 9.69 Å². The van der Waals surface area contributed by atoms with Crippen LogP contribution < -0.4 is 10.3 Å². The zero-order valence-electron chi connectivity index (χ0n) is 22.4.